The van der Waals surface area contributed by atoms with E-state index >= 15 is 0 Å². The van der Waals surface area contributed by atoms with Crippen LogP contribution in [-0.2, 0) is 4.79 Å². The van der Waals surface area contributed by atoms with E-state index in [4.69, 9.17) is 0 Å². The quantitative estimate of drug-likeness (QED) is 0.820. The first-order chi connectivity index (χ1) is 11.8. The van der Waals surface area contributed by atoms with Crippen LogP contribution in [0, 0.1) is 11.3 Å². The summed E-state index contributed by atoms with van der Waals surface area (Å²) < 4.78 is 0. The number of fused-ring (bicyclic) bond motifs is 1. The number of hydrogen-bond donors (Lipinski definition) is 0. The van der Waals surface area contributed by atoms with E-state index in [0.29, 0.717) is 13.1 Å². The van der Waals surface area contributed by atoms with Crippen molar-refractivity contribution in [2.45, 2.75) is 12.3 Å². The fourth-order valence-corrected chi connectivity index (χ4v) is 5.10. The molecule has 0 spiro atoms. The third-order valence-corrected chi connectivity index (χ3v) is 6.44. The number of carbonyl (C=O) groups is 1. The summed E-state index contributed by atoms with van der Waals surface area (Å²) in [4.78, 5) is 17.7. The van der Waals surface area contributed by atoms with Gasteiger partial charge in [-0.2, -0.15) is 5.26 Å². The molecule has 1 amide bonds. The molecule has 3 heterocycles. The molecule has 120 valence electrons. The molecular formula is C18H15N3OS2. The lowest BCUT2D eigenvalue weighted by atomic mass is 9.92. The molecule has 1 atom stereocenters. The molecule has 1 aromatic heterocycles. The van der Waals surface area contributed by atoms with E-state index in [2.05, 4.69) is 11.0 Å². The Morgan fingerprint density at radius 3 is 2.71 bits per heavy atom. The fraction of sp³-hybridized carbons (Fsp3) is 0.222. The van der Waals surface area contributed by atoms with Gasteiger partial charge in [0.05, 0.1) is 29.2 Å². The average Bonchev–Trinajstić information content (AvgIpc) is 3.16. The highest BCUT2D eigenvalue weighted by Gasteiger charge is 2.38. The number of rotatable bonds is 2. The van der Waals surface area contributed by atoms with Gasteiger partial charge in [0.15, 0.2) is 0 Å². The molecule has 1 saturated heterocycles. The molecule has 0 N–H and O–H groups in total. The molecular weight excluding hydrogens is 338 g/mol. The standard InChI is InChI=1S/C18H15N3OS2/c19-10-15-14(16-7-4-8-23-16)9-17(22)21-11-20(12-24-18(15)21)13-5-2-1-3-6-13/h1-8,14H,9,11-12H2/t14-/m1/s1. The van der Waals surface area contributed by atoms with Crippen molar-refractivity contribution in [1.82, 2.24) is 4.90 Å². The fourth-order valence-electron chi connectivity index (χ4n) is 3.10. The minimum absolute atomic E-state index is 0.0930. The maximum Gasteiger partial charge on any atom is 0.229 e. The summed E-state index contributed by atoms with van der Waals surface area (Å²) >= 11 is 3.19. The molecule has 2 aliphatic rings. The van der Waals surface area contributed by atoms with Gasteiger partial charge >= 0.3 is 0 Å². The van der Waals surface area contributed by atoms with Gasteiger partial charge in [0, 0.05) is 22.9 Å². The largest absolute Gasteiger partial charge is 0.344 e. The smallest absolute Gasteiger partial charge is 0.229 e. The second kappa shape index (κ2) is 6.34. The predicted molar refractivity (Wildman–Crippen MR) is 97.4 cm³/mol. The molecule has 1 aromatic carbocycles. The molecule has 1 fully saturated rings. The van der Waals surface area contributed by atoms with Crippen molar-refractivity contribution in [3.8, 4) is 6.07 Å². The molecule has 0 bridgehead atoms. The molecule has 6 heteroatoms. The van der Waals surface area contributed by atoms with Crippen LogP contribution < -0.4 is 4.90 Å². The highest BCUT2D eigenvalue weighted by atomic mass is 32.2. The first-order valence-electron chi connectivity index (χ1n) is 7.69. The lowest BCUT2D eigenvalue weighted by Crippen LogP contribution is -2.47. The number of carbonyl (C=O) groups excluding carboxylic acids is 1. The summed E-state index contributed by atoms with van der Waals surface area (Å²) in [6.07, 6.45) is 0.371. The third kappa shape index (κ3) is 2.60. The van der Waals surface area contributed by atoms with Crippen LogP contribution in [-0.4, -0.2) is 23.4 Å². The number of anilines is 1. The summed E-state index contributed by atoms with van der Waals surface area (Å²) in [7, 11) is 0. The second-order valence-electron chi connectivity index (χ2n) is 5.71. The number of amides is 1. The van der Waals surface area contributed by atoms with Crippen LogP contribution in [0.3, 0.4) is 0 Å². The van der Waals surface area contributed by atoms with E-state index in [1.54, 1.807) is 28.0 Å². The van der Waals surface area contributed by atoms with Gasteiger partial charge < -0.3 is 4.90 Å². The number of allylic oxidation sites excluding steroid dienone is 1. The topological polar surface area (TPSA) is 47.3 Å². The lowest BCUT2D eigenvalue weighted by molar-refractivity contribution is -0.129. The van der Waals surface area contributed by atoms with Gasteiger partial charge in [-0.25, -0.2) is 0 Å². The predicted octanol–water partition coefficient (Wildman–Crippen LogP) is 3.97. The summed E-state index contributed by atoms with van der Waals surface area (Å²) in [6, 6.07) is 16.4. The normalized spacial score (nSPS) is 20.8. The monoisotopic (exact) mass is 353 g/mol. The van der Waals surface area contributed by atoms with Crippen LogP contribution in [0.1, 0.15) is 17.2 Å². The molecule has 2 aromatic rings. The van der Waals surface area contributed by atoms with Gasteiger partial charge in [-0.05, 0) is 23.6 Å². The van der Waals surface area contributed by atoms with Crippen molar-refractivity contribution in [3.05, 3.63) is 63.3 Å². The van der Waals surface area contributed by atoms with Crippen LogP contribution in [0.15, 0.2) is 58.4 Å². The van der Waals surface area contributed by atoms with E-state index < -0.39 is 0 Å². The highest BCUT2D eigenvalue weighted by Crippen LogP contribution is 2.44. The Balaban J connectivity index is 1.67. The molecule has 24 heavy (non-hydrogen) atoms. The minimum Gasteiger partial charge on any atom is -0.344 e. The zero-order chi connectivity index (χ0) is 16.5. The van der Waals surface area contributed by atoms with Crippen molar-refractivity contribution in [2.75, 3.05) is 17.4 Å². The van der Waals surface area contributed by atoms with Crippen molar-refractivity contribution >= 4 is 34.7 Å². The molecule has 0 saturated carbocycles. The molecule has 0 unspecified atom stereocenters. The Morgan fingerprint density at radius 2 is 2.00 bits per heavy atom. The second-order valence-corrected chi connectivity index (χ2v) is 7.63. The van der Waals surface area contributed by atoms with Gasteiger partial charge in [-0.15, -0.1) is 11.3 Å². The van der Waals surface area contributed by atoms with Crippen molar-refractivity contribution < 1.29 is 4.79 Å². The number of nitrogens with zero attached hydrogens (tertiary/aromatic N) is 3. The van der Waals surface area contributed by atoms with Crippen LogP contribution in [0.2, 0.25) is 0 Å². The summed E-state index contributed by atoms with van der Waals surface area (Å²) in [5, 5.41) is 12.5. The van der Waals surface area contributed by atoms with Crippen LogP contribution in [0.25, 0.3) is 0 Å². The van der Waals surface area contributed by atoms with Crippen molar-refractivity contribution in [1.29, 1.82) is 5.26 Å². The summed E-state index contributed by atoms with van der Waals surface area (Å²) in [5.74, 6) is 0.742. The van der Waals surface area contributed by atoms with Crippen LogP contribution >= 0.6 is 23.1 Å². The Hall–Kier alpha value is -2.23. The van der Waals surface area contributed by atoms with Crippen molar-refractivity contribution in [2.24, 2.45) is 0 Å². The average molecular weight is 353 g/mol. The maximum absolute atomic E-state index is 12.7. The van der Waals surface area contributed by atoms with E-state index in [9.17, 15) is 10.1 Å². The zero-order valence-electron chi connectivity index (χ0n) is 12.9. The first-order valence-corrected chi connectivity index (χ1v) is 9.55. The Morgan fingerprint density at radius 1 is 1.17 bits per heavy atom. The van der Waals surface area contributed by atoms with Gasteiger partial charge in [0.1, 0.15) is 0 Å². The van der Waals surface area contributed by atoms with E-state index in [0.717, 1.165) is 27.0 Å². The SMILES string of the molecule is N#CC1=C2SCN(c3ccccc3)CN2C(=O)C[C@H]1c1cccs1. The van der Waals surface area contributed by atoms with E-state index in [-0.39, 0.29) is 11.8 Å². The van der Waals surface area contributed by atoms with Gasteiger partial charge in [0.25, 0.3) is 0 Å². The molecule has 0 radical (unpaired) electrons. The molecule has 4 rings (SSSR count). The summed E-state index contributed by atoms with van der Waals surface area (Å²) in [6.45, 7) is 0.507. The number of thiophene rings is 1. The van der Waals surface area contributed by atoms with Crippen molar-refractivity contribution in [3.63, 3.8) is 0 Å². The summed E-state index contributed by atoms with van der Waals surface area (Å²) in [5.41, 5.74) is 1.82. The highest BCUT2D eigenvalue weighted by molar-refractivity contribution is 8.03. The Bertz CT molecular complexity index is 824. The third-order valence-electron chi connectivity index (χ3n) is 4.30. The number of thioether (sulfide) groups is 1. The van der Waals surface area contributed by atoms with Gasteiger partial charge in [-0.3, -0.25) is 9.69 Å². The maximum atomic E-state index is 12.7. The molecule has 4 nitrogen and oxygen atoms in total. The first kappa shape index (κ1) is 15.3. The number of para-hydroxylation sites is 1. The van der Waals surface area contributed by atoms with Crippen LogP contribution in [0.5, 0.6) is 0 Å². The molecule has 0 aliphatic carbocycles. The van der Waals surface area contributed by atoms with E-state index in [1.165, 1.54) is 0 Å². The Labute approximate surface area is 149 Å². The Kier molecular flexibility index (Phi) is 4.05. The van der Waals surface area contributed by atoms with Gasteiger partial charge in [0.2, 0.25) is 5.91 Å². The minimum atomic E-state index is -0.0930. The van der Waals surface area contributed by atoms with Crippen LogP contribution in [0.4, 0.5) is 5.69 Å². The van der Waals surface area contributed by atoms with Gasteiger partial charge in [-0.1, -0.05) is 36.0 Å². The number of hydrogen-bond acceptors (Lipinski definition) is 5. The molecule has 2 aliphatic heterocycles. The lowest BCUT2D eigenvalue weighted by Gasteiger charge is -2.41. The number of nitriles is 1. The van der Waals surface area contributed by atoms with E-state index in [1.807, 2.05) is 47.8 Å². The zero-order valence-corrected chi connectivity index (χ0v) is 14.5. The number of benzene rings is 1.